The molecule has 0 spiro atoms. The average molecular weight is 619 g/mol. The molecule has 2 aliphatic rings. The SMILES string of the molecule is C=C(C)C(O)C[C@H](C[C@]12C[C@@H](CC=C(C)C)C(C)(C)[C@@](CC=C(C)C)(C(=O)/C(=C(\O)c3ccc(O)c(O)c3)C1=O)C2=O)C(=C)C. The van der Waals surface area contributed by atoms with Crippen molar-refractivity contribution in [2.45, 2.75) is 93.6 Å². The highest BCUT2D eigenvalue weighted by molar-refractivity contribution is 6.41. The fraction of sp³-hybridized carbons (Fsp3) is 0.500. The van der Waals surface area contributed by atoms with Crippen LogP contribution in [0.15, 0.2) is 71.4 Å². The molecule has 2 fully saturated rings. The highest BCUT2D eigenvalue weighted by Crippen LogP contribution is 2.66. The molecule has 3 rings (SSSR count). The zero-order chi connectivity index (χ0) is 34.2. The van der Waals surface area contributed by atoms with Crippen molar-refractivity contribution < 1.29 is 34.8 Å². The molecule has 244 valence electrons. The van der Waals surface area contributed by atoms with Crippen LogP contribution in [-0.4, -0.2) is 43.9 Å². The molecular weight excluding hydrogens is 568 g/mol. The maximum atomic E-state index is 15.2. The number of Topliss-reactive ketones (excluding diaryl/α,β-unsaturated/α-hetero) is 3. The van der Waals surface area contributed by atoms with Gasteiger partial charge in [0.1, 0.15) is 16.7 Å². The van der Waals surface area contributed by atoms with Crippen molar-refractivity contribution in [3.8, 4) is 11.5 Å². The molecule has 0 saturated heterocycles. The number of carbonyl (C=O) groups is 3. The highest BCUT2D eigenvalue weighted by Gasteiger charge is 2.74. The van der Waals surface area contributed by atoms with Gasteiger partial charge in [0.25, 0.3) is 0 Å². The molecule has 7 nitrogen and oxygen atoms in total. The Kier molecular flexibility index (Phi) is 10.3. The van der Waals surface area contributed by atoms with E-state index in [1.807, 2.05) is 47.6 Å². The van der Waals surface area contributed by atoms with Gasteiger partial charge in [0.05, 0.1) is 11.5 Å². The number of rotatable bonds is 11. The second-order valence-electron chi connectivity index (χ2n) is 14.4. The van der Waals surface area contributed by atoms with Crippen LogP contribution in [0.5, 0.6) is 11.5 Å². The molecule has 0 aliphatic heterocycles. The summed E-state index contributed by atoms with van der Waals surface area (Å²) in [7, 11) is 0. The lowest BCUT2D eigenvalue weighted by Gasteiger charge is -2.61. The third-order valence-corrected chi connectivity index (χ3v) is 10.3. The molecule has 0 heterocycles. The third kappa shape index (κ3) is 6.24. The lowest BCUT2D eigenvalue weighted by Crippen LogP contribution is -2.69. The Hall–Kier alpha value is -3.71. The van der Waals surface area contributed by atoms with E-state index in [9.17, 15) is 30.0 Å². The number of phenols is 2. The summed E-state index contributed by atoms with van der Waals surface area (Å²) in [5.41, 5.74) is -1.62. The van der Waals surface area contributed by atoms with Crippen molar-refractivity contribution in [1.82, 2.24) is 0 Å². The zero-order valence-corrected chi connectivity index (χ0v) is 28.1. The normalized spacial score (nSPS) is 26.5. The third-order valence-electron chi connectivity index (χ3n) is 10.3. The van der Waals surface area contributed by atoms with E-state index < -0.39 is 68.4 Å². The van der Waals surface area contributed by atoms with Crippen LogP contribution in [0.1, 0.15) is 93.1 Å². The number of carbonyl (C=O) groups excluding carboxylic acids is 3. The van der Waals surface area contributed by atoms with Crippen LogP contribution < -0.4 is 0 Å². The summed E-state index contributed by atoms with van der Waals surface area (Å²) < 4.78 is 0. The molecular formula is C38H50O7. The summed E-state index contributed by atoms with van der Waals surface area (Å²) in [5.74, 6) is -4.27. The molecule has 1 unspecified atom stereocenters. The first kappa shape index (κ1) is 35.8. The van der Waals surface area contributed by atoms with E-state index in [1.165, 1.54) is 6.07 Å². The lowest BCUT2D eigenvalue weighted by atomic mass is 9.38. The molecule has 4 N–H and O–H groups in total. The van der Waals surface area contributed by atoms with Crippen molar-refractivity contribution in [1.29, 1.82) is 0 Å². The van der Waals surface area contributed by atoms with E-state index in [0.29, 0.717) is 17.6 Å². The predicted octanol–water partition coefficient (Wildman–Crippen LogP) is 7.73. The van der Waals surface area contributed by atoms with E-state index in [2.05, 4.69) is 19.2 Å². The van der Waals surface area contributed by atoms with Crippen LogP contribution >= 0.6 is 0 Å². The van der Waals surface area contributed by atoms with Gasteiger partial charge in [0.15, 0.2) is 28.8 Å². The number of benzene rings is 1. The van der Waals surface area contributed by atoms with Crippen LogP contribution in [0, 0.1) is 28.1 Å². The first-order valence-electron chi connectivity index (χ1n) is 15.6. The Balaban J connectivity index is 2.46. The summed E-state index contributed by atoms with van der Waals surface area (Å²) in [4.78, 5) is 45.0. The molecule has 0 amide bonds. The lowest BCUT2D eigenvalue weighted by molar-refractivity contribution is -0.177. The number of ketones is 3. The Morgan fingerprint density at radius 1 is 0.933 bits per heavy atom. The van der Waals surface area contributed by atoms with Gasteiger partial charge in [-0.05, 0) is 109 Å². The second-order valence-corrected chi connectivity index (χ2v) is 14.4. The molecule has 2 bridgehead atoms. The van der Waals surface area contributed by atoms with Crippen LogP contribution in [0.3, 0.4) is 0 Å². The van der Waals surface area contributed by atoms with Crippen LogP contribution in [0.25, 0.3) is 5.76 Å². The second kappa shape index (κ2) is 13.0. The van der Waals surface area contributed by atoms with Gasteiger partial charge < -0.3 is 20.4 Å². The predicted molar refractivity (Wildman–Crippen MR) is 178 cm³/mol. The Morgan fingerprint density at radius 2 is 1.53 bits per heavy atom. The number of phenolic OH excluding ortho intramolecular Hbond substituents is 2. The van der Waals surface area contributed by atoms with E-state index in [4.69, 9.17) is 0 Å². The number of hydrogen-bond donors (Lipinski definition) is 4. The summed E-state index contributed by atoms with van der Waals surface area (Å²) in [6.45, 7) is 23.1. The van der Waals surface area contributed by atoms with Gasteiger partial charge in [-0.1, -0.05) is 61.4 Å². The van der Waals surface area contributed by atoms with E-state index in [1.54, 1.807) is 13.8 Å². The molecule has 0 aromatic heterocycles. The zero-order valence-electron chi connectivity index (χ0n) is 28.1. The summed E-state index contributed by atoms with van der Waals surface area (Å²) in [6.07, 6.45) is 3.98. The molecule has 1 aromatic carbocycles. The smallest absolute Gasteiger partial charge is 0.184 e. The van der Waals surface area contributed by atoms with Gasteiger partial charge in [-0.3, -0.25) is 14.4 Å². The monoisotopic (exact) mass is 618 g/mol. The van der Waals surface area contributed by atoms with E-state index >= 15 is 4.79 Å². The topological polar surface area (TPSA) is 132 Å². The number of aromatic hydroxyl groups is 2. The minimum Gasteiger partial charge on any atom is -0.506 e. The number of allylic oxidation sites excluding steroid dienone is 6. The van der Waals surface area contributed by atoms with Gasteiger partial charge in [-0.15, -0.1) is 0 Å². The molecule has 2 aliphatic carbocycles. The summed E-state index contributed by atoms with van der Waals surface area (Å²) in [6, 6.07) is 3.56. The van der Waals surface area contributed by atoms with E-state index in [0.717, 1.165) is 23.3 Å². The van der Waals surface area contributed by atoms with Gasteiger partial charge >= 0.3 is 0 Å². The first-order valence-corrected chi connectivity index (χ1v) is 15.6. The van der Waals surface area contributed by atoms with Crippen LogP contribution in [-0.2, 0) is 14.4 Å². The molecule has 45 heavy (non-hydrogen) atoms. The maximum absolute atomic E-state index is 15.2. The number of fused-ring (bicyclic) bond motifs is 2. The van der Waals surface area contributed by atoms with Crippen LogP contribution in [0.4, 0.5) is 0 Å². The summed E-state index contributed by atoms with van der Waals surface area (Å²) >= 11 is 0. The maximum Gasteiger partial charge on any atom is 0.184 e. The minimum atomic E-state index is -1.69. The number of aliphatic hydroxyl groups is 2. The van der Waals surface area contributed by atoms with Crippen molar-refractivity contribution >= 4 is 23.1 Å². The van der Waals surface area contributed by atoms with Gasteiger partial charge in [0, 0.05) is 5.56 Å². The van der Waals surface area contributed by atoms with Crippen molar-refractivity contribution in [2.24, 2.45) is 28.1 Å². The Labute approximate surface area is 267 Å². The van der Waals surface area contributed by atoms with Gasteiger partial charge in [-0.25, -0.2) is 0 Å². The van der Waals surface area contributed by atoms with Gasteiger partial charge in [0.2, 0.25) is 0 Å². The average Bonchev–Trinajstić information content (AvgIpc) is 2.93. The number of hydrogen-bond acceptors (Lipinski definition) is 7. The quantitative estimate of drug-likeness (QED) is 0.0498. The molecule has 0 radical (unpaired) electrons. The van der Waals surface area contributed by atoms with Crippen molar-refractivity contribution in [3.05, 3.63) is 76.9 Å². The summed E-state index contributed by atoms with van der Waals surface area (Å²) in [5, 5.41) is 42.6. The molecule has 5 atom stereocenters. The number of aliphatic hydroxyl groups excluding tert-OH is 2. The Bertz CT molecular complexity index is 1510. The standard InChI is InChI=1S/C38H50O7/c1-21(2)11-13-27-20-37(19-26(23(5)6)18-29(40)24(7)8)33(43)31(32(42)25-12-14-28(39)30(41)17-25)34(44)38(35(37)45,36(27,9)10)16-15-22(3)4/h11-12,14-15,17,26-27,29,39-42H,5,7,13,16,18-20H2,1-4,6,8-10H3/b32-31-/t26-,27-,29?,37+,38+/m1/s1. The van der Waals surface area contributed by atoms with Crippen molar-refractivity contribution in [3.63, 3.8) is 0 Å². The molecule has 1 aromatic rings. The minimum absolute atomic E-state index is 0.00714. The fourth-order valence-electron chi connectivity index (χ4n) is 7.18. The molecule has 7 heteroatoms. The fourth-order valence-corrected chi connectivity index (χ4v) is 7.18. The largest absolute Gasteiger partial charge is 0.506 e. The molecule has 2 saturated carbocycles. The van der Waals surface area contributed by atoms with Crippen LogP contribution in [0.2, 0.25) is 0 Å². The van der Waals surface area contributed by atoms with Gasteiger partial charge in [-0.2, -0.15) is 0 Å². The highest BCUT2D eigenvalue weighted by atomic mass is 16.3. The van der Waals surface area contributed by atoms with E-state index in [-0.39, 0.29) is 37.2 Å². The first-order chi connectivity index (χ1) is 20.7. The van der Waals surface area contributed by atoms with Crippen molar-refractivity contribution in [2.75, 3.05) is 0 Å². The Morgan fingerprint density at radius 3 is 2.04 bits per heavy atom.